The molecule has 0 aliphatic heterocycles. The number of hydrogen-bond acceptors (Lipinski definition) is 4. The highest BCUT2D eigenvalue weighted by Gasteiger charge is 2.12. The molecule has 6 heteroatoms. The van der Waals surface area contributed by atoms with Gasteiger partial charge < -0.3 is 14.8 Å². The molecule has 1 amide bonds. The minimum atomic E-state index is -0.456. The third-order valence-corrected chi connectivity index (χ3v) is 3.35. The van der Waals surface area contributed by atoms with E-state index in [0.717, 1.165) is 0 Å². The lowest BCUT2D eigenvalue weighted by atomic mass is 10.2. The lowest BCUT2D eigenvalue weighted by Gasteiger charge is -2.12. The molecule has 0 saturated carbocycles. The van der Waals surface area contributed by atoms with Crippen molar-refractivity contribution in [3.63, 3.8) is 0 Å². The van der Waals surface area contributed by atoms with Gasteiger partial charge in [-0.2, -0.15) is 0 Å². The Kier molecular flexibility index (Phi) is 6.91. The molecule has 2 aromatic carbocycles. The van der Waals surface area contributed by atoms with Crippen molar-refractivity contribution in [3.05, 3.63) is 65.5 Å². The van der Waals surface area contributed by atoms with Gasteiger partial charge in [-0.05, 0) is 55.8 Å². The van der Waals surface area contributed by atoms with Gasteiger partial charge in [0.1, 0.15) is 11.6 Å². The van der Waals surface area contributed by atoms with Gasteiger partial charge >= 0.3 is 5.97 Å². The third kappa shape index (κ3) is 5.44. The molecule has 0 fully saturated rings. The molecule has 0 spiro atoms. The summed E-state index contributed by atoms with van der Waals surface area (Å²) in [5, 5.41) is 2.70. The Labute approximate surface area is 151 Å². The zero-order valence-corrected chi connectivity index (χ0v) is 14.6. The highest BCUT2D eigenvalue weighted by molar-refractivity contribution is 6.03. The molecule has 0 saturated heterocycles. The van der Waals surface area contributed by atoms with E-state index in [4.69, 9.17) is 9.47 Å². The first-order valence-electron chi connectivity index (χ1n) is 8.22. The maximum atomic E-state index is 12.9. The molecule has 2 rings (SSSR count). The number of hydrogen-bond donors (Lipinski definition) is 1. The van der Waals surface area contributed by atoms with Crippen LogP contribution in [0.15, 0.2) is 48.5 Å². The summed E-state index contributed by atoms with van der Waals surface area (Å²) < 4.78 is 23.3. The average Bonchev–Trinajstić information content (AvgIpc) is 2.63. The molecule has 0 aliphatic carbocycles. The third-order valence-electron chi connectivity index (χ3n) is 3.35. The Morgan fingerprint density at radius 3 is 2.46 bits per heavy atom. The molecule has 2 aromatic rings. The zero-order valence-electron chi connectivity index (χ0n) is 14.6. The minimum Gasteiger partial charge on any atom is -0.492 e. The van der Waals surface area contributed by atoms with Crippen LogP contribution in [0, 0.1) is 5.82 Å². The van der Waals surface area contributed by atoms with Crippen LogP contribution < -0.4 is 10.1 Å². The zero-order chi connectivity index (χ0) is 18.9. The Bertz CT molecular complexity index is 800. The fourth-order valence-corrected chi connectivity index (χ4v) is 2.16. The van der Waals surface area contributed by atoms with Crippen molar-refractivity contribution >= 4 is 23.6 Å². The summed E-state index contributed by atoms with van der Waals surface area (Å²) in [6.07, 6.45) is 2.91. The van der Waals surface area contributed by atoms with Gasteiger partial charge in [0.15, 0.2) is 0 Å². The molecule has 26 heavy (non-hydrogen) atoms. The van der Waals surface area contributed by atoms with Gasteiger partial charge in [-0.25, -0.2) is 9.18 Å². The summed E-state index contributed by atoms with van der Waals surface area (Å²) in [5.74, 6) is -0.794. The molecule has 0 unspecified atom stereocenters. The summed E-state index contributed by atoms with van der Waals surface area (Å²) >= 11 is 0. The predicted octanol–water partition coefficient (Wildman–Crippen LogP) is 4.05. The van der Waals surface area contributed by atoms with Gasteiger partial charge in [-0.1, -0.05) is 12.1 Å². The molecule has 0 heterocycles. The van der Waals surface area contributed by atoms with E-state index in [1.54, 1.807) is 44.2 Å². The molecule has 1 N–H and O–H groups in total. The van der Waals surface area contributed by atoms with E-state index in [9.17, 15) is 14.0 Å². The summed E-state index contributed by atoms with van der Waals surface area (Å²) in [6, 6.07) is 10.4. The van der Waals surface area contributed by atoms with E-state index >= 15 is 0 Å². The fraction of sp³-hybridized carbons (Fsp3) is 0.200. The number of halogens is 1. The van der Waals surface area contributed by atoms with Crippen molar-refractivity contribution in [2.45, 2.75) is 13.8 Å². The van der Waals surface area contributed by atoms with Crippen LogP contribution in [0.25, 0.3) is 6.08 Å². The number of nitrogens with one attached hydrogen (secondary N) is 1. The first-order chi connectivity index (χ1) is 12.5. The smallest absolute Gasteiger partial charge is 0.338 e. The summed E-state index contributed by atoms with van der Waals surface area (Å²) in [4.78, 5) is 23.9. The molecular formula is C20H20FNO4. The van der Waals surface area contributed by atoms with Crippen LogP contribution in [0.1, 0.15) is 29.8 Å². The molecule has 136 valence electrons. The van der Waals surface area contributed by atoms with Crippen LogP contribution in [-0.2, 0) is 9.53 Å². The SMILES string of the molecule is CCOC(=O)c1ccc(NC(=O)/C=C/c2ccc(F)cc2)c(OCC)c1. The molecular weight excluding hydrogens is 337 g/mol. The van der Waals surface area contributed by atoms with Crippen LogP contribution in [0.3, 0.4) is 0 Å². The molecule has 0 radical (unpaired) electrons. The predicted molar refractivity (Wildman–Crippen MR) is 97.6 cm³/mol. The number of benzene rings is 2. The van der Waals surface area contributed by atoms with E-state index in [-0.39, 0.29) is 18.3 Å². The van der Waals surface area contributed by atoms with Crippen molar-refractivity contribution in [1.82, 2.24) is 0 Å². The lowest BCUT2D eigenvalue weighted by molar-refractivity contribution is -0.111. The quantitative estimate of drug-likeness (QED) is 0.600. The lowest BCUT2D eigenvalue weighted by Crippen LogP contribution is -2.11. The first kappa shape index (κ1) is 19.2. The number of ether oxygens (including phenoxy) is 2. The van der Waals surface area contributed by atoms with E-state index < -0.39 is 5.97 Å². The monoisotopic (exact) mass is 357 g/mol. The van der Waals surface area contributed by atoms with E-state index in [1.807, 2.05) is 0 Å². The van der Waals surface area contributed by atoms with Gasteiger partial charge in [-0.3, -0.25) is 4.79 Å². The summed E-state index contributed by atoms with van der Waals surface area (Å²) in [5.41, 5.74) is 1.48. The first-order valence-corrected chi connectivity index (χ1v) is 8.22. The molecule has 0 aromatic heterocycles. The standard InChI is InChI=1S/C20H20FNO4/c1-3-25-18-13-15(20(24)26-4-2)8-11-17(18)22-19(23)12-7-14-5-9-16(21)10-6-14/h5-13H,3-4H2,1-2H3,(H,22,23)/b12-7+. The molecule has 0 atom stereocenters. The van der Waals surface area contributed by atoms with Crippen molar-refractivity contribution in [3.8, 4) is 5.75 Å². The highest BCUT2D eigenvalue weighted by Crippen LogP contribution is 2.26. The molecule has 5 nitrogen and oxygen atoms in total. The minimum absolute atomic E-state index is 0.273. The fourth-order valence-electron chi connectivity index (χ4n) is 2.16. The number of amides is 1. The van der Waals surface area contributed by atoms with Crippen LogP contribution in [0.2, 0.25) is 0 Å². The molecule has 0 aliphatic rings. The van der Waals surface area contributed by atoms with E-state index in [0.29, 0.717) is 29.2 Å². The van der Waals surface area contributed by atoms with Gasteiger partial charge in [0.2, 0.25) is 5.91 Å². The van der Waals surface area contributed by atoms with Gasteiger partial charge in [0.25, 0.3) is 0 Å². The number of esters is 1. The molecule has 0 bridgehead atoms. The van der Waals surface area contributed by atoms with Gasteiger partial charge in [0, 0.05) is 6.08 Å². The van der Waals surface area contributed by atoms with Crippen molar-refractivity contribution in [1.29, 1.82) is 0 Å². The second-order valence-corrected chi connectivity index (χ2v) is 5.24. The topological polar surface area (TPSA) is 64.6 Å². The summed E-state index contributed by atoms with van der Waals surface area (Å²) in [7, 11) is 0. The van der Waals surface area contributed by atoms with Crippen molar-refractivity contribution < 1.29 is 23.5 Å². The number of rotatable bonds is 7. The van der Waals surface area contributed by atoms with Crippen molar-refractivity contribution in [2.24, 2.45) is 0 Å². The Morgan fingerprint density at radius 1 is 1.08 bits per heavy atom. The van der Waals surface area contributed by atoms with E-state index in [2.05, 4.69) is 5.32 Å². The second-order valence-electron chi connectivity index (χ2n) is 5.24. The van der Waals surface area contributed by atoms with Crippen LogP contribution >= 0.6 is 0 Å². The summed E-state index contributed by atoms with van der Waals surface area (Å²) in [6.45, 7) is 4.18. The van der Waals surface area contributed by atoms with Crippen molar-refractivity contribution in [2.75, 3.05) is 18.5 Å². The average molecular weight is 357 g/mol. The number of carbonyl (C=O) groups excluding carboxylic acids is 2. The van der Waals surface area contributed by atoms with Crippen LogP contribution in [-0.4, -0.2) is 25.1 Å². The maximum absolute atomic E-state index is 12.9. The number of anilines is 1. The second kappa shape index (κ2) is 9.36. The Balaban J connectivity index is 2.12. The highest BCUT2D eigenvalue weighted by atomic mass is 19.1. The van der Waals surface area contributed by atoms with Gasteiger partial charge in [0.05, 0.1) is 24.5 Å². The van der Waals surface area contributed by atoms with E-state index in [1.165, 1.54) is 24.3 Å². The maximum Gasteiger partial charge on any atom is 0.338 e. The Hall–Kier alpha value is -3.15. The normalized spacial score (nSPS) is 10.6. The van der Waals surface area contributed by atoms with Crippen LogP contribution in [0.4, 0.5) is 10.1 Å². The van der Waals surface area contributed by atoms with Gasteiger partial charge in [-0.15, -0.1) is 0 Å². The largest absolute Gasteiger partial charge is 0.492 e. The van der Waals surface area contributed by atoms with Crippen LogP contribution in [0.5, 0.6) is 5.75 Å². The number of carbonyl (C=O) groups is 2. The Morgan fingerprint density at radius 2 is 1.81 bits per heavy atom.